The average Bonchev–Trinajstić information content (AvgIpc) is 3.28. The fourth-order valence-electron chi connectivity index (χ4n) is 3.45. The number of amides is 1. The van der Waals surface area contributed by atoms with E-state index < -0.39 is 10.0 Å². The number of carbonyl (C=O) groups excluding carboxylic acids is 1. The van der Waals surface area contributed by atoms with Crippen LogP contribution in [0.1, 0.15) is 49.4 Å². The Bertz CT molecular complexity index is 822. The largest absolute Gasteiger partial charge is 0.339 e. The molecule has 1 aliphatic heterocycles. The summed E-state index contributed by atoms with van der Waals surface area (Å²) in [4.78, 5) is 17.0. The average molecular weight is 448 g/mol. The summed E-state index contributed by atoms with van der Waals surface area (Å²) >= 11 is 12.4. The molecule has 2 fully saturated rings. The maximum Gasteiger partial charge on any atom is 0.255 e. The molecule has 1 heterocycles. The first-order valence-electron chi connectivity index (χ1n) is 9.85. The molecule has 2 aliphatic rings. The molecule has 0 radical (unpaired) electrons. The van der Waals surface area contributed by atoms with Crippen LogP contribution in [0, 0.1) is 0 Å². The molecule has 9 heteroatoms. The fourth-order valence-corrected chi connectivity index (χ4v) is 5.61. The summed E-state index contributed by atoms with van der Waals surface area (Å²) in [5.74, 6) is -0.270. The quantitative estimate of drug-likeness (QED) is 0.629. The normalized spacial score (nSPS) is 17.8. The second-order valence-electron chi connectivity index (χ2n) is 7.45. The highest BCUT2D eigenvalue weighted by atomic mass is 35.5. The van der Waals surface area contributed by atoms with E-state index in [4.69, 9.17) is 23.2 Å². The SMILES string of the molecule is CCN(CCCN1CCCC1)C(=O)c1cc(S(=O)(=O)NC2CC2)c(Cl)cc1Cl. The van der Waals surface area contributed by atoms with Gasteiger partial charge >= 0.3 is 0 Å². The van der Waals surface area contributed by atoms with Gasteiger partial charge in [0.2, 0.25) is 10.0 Å². The van der Waals surface area contributed by atoms with E-state index in [0.29, 0.717) is 13.1 Å². The molecule has 0 aromatic heterocycles. The number of rotatable bonds is 9. The van der Waals surface area contributed by atoms with E-state index in [-0.39, 0.29) is 32.5 Å². The number of nitrogens with one attached hydrogen (secondary N) is 1. The van der Waals surface area contributed by atoms with Gasteiger partial charge in [0.25, 0.3) is 5.91 Å². The standard InChI is InChI=1S/C19H27Cl2N3O3S/c1-2-24(11-5-10-23-8-3-4-9-23)19(25)15-12-18(17(21)13-16(15)20)28(26,27)22-14-6-7-14/h12-14,22H,2-11H2,1H3. The van der Waals surface area contributed by atoms with E-state index in [9.17, 15) is 13.2 Å². The van der Waals surface area contributed by atoms with Crippen LogP contribution in [-0.2, 0) is 10.0 Å². The van der Waals surface area contributed by atoms with E-state index in [1.54, 1.807) is 4.90 Å². The smallest absolute Gasteiger partial charge is 0.255 e. The van der Waals surface area contributed by atoms with Crippen molar-refractivity contribution >= 4 is 39.1 Å². The van der Waals surface area contributed by atoms with Gasteiger partial charge in [-0.05, 0) is 70.8 Å². The first-order valence-corrected chi connectivity index (χ1v) is 12.1. The summed E-state index contributed by atoms with van der Waals surface area (Å²) < 4.78 is 27.8. The van der Waals surface area contributed by atoms with Crippen molar-refractivity contribution in [3.05, 3.63) is 27.7 Å². The van der Waals surface area contributed by atoms with Crippen molar-refractivity contribution < 1.29 is 13.2 Å². The highest BCUT2D eigenvalue weighted by Gasteiger charge is 2.31. The molecular formula is C19H27Cl2N3O3S. The Balaban J connectivity index is 1.74. The lowest BCUT2D eigenvalue weighted by atomic mass is 10.2. The van der Waals surface area contributed by atoms with Crippen LogP contribution < -0.4 is 4.72 Å². The van der Waals surface area contributed by atoms with Crippen molar-refractivity contribution in [2.24, 2.45) is 0 Å². The number of carbonyl (C=O) groups is 1. The summed E-state index contributed by atoms with van der Waals surface area (Å²) in [5, 5.41) is 0.185. The van der Waals surface area contributed by atoms with Crippen LogP contribution in [0.25, 0.3) is 0 Å². The predicted octanol–water partition coefficient (Wildman–Crippen LogP) is 3.38. The Morgan fingerprint density at radius 2 is 1.89 bits per heavy atom. The second-order valence-corrected chi connectivity index (χ2v) is 9.94. The molecule has 1 saturated carbocycles. The molecule has 0 bridgehead atoms. The van der Waals surface area contributed by atoms with Gasteiger partial charge in [0, 0.05) is 19.1 Å². The Morgan fingerprint density at radius 3 is 2.50 bits per heavy atom. The van der Waals surface area contributed by atoms with Crippen molar-refractivity contribution in [3.63, 3.8) is 0 Å². The minimum absolute atomic E-state index is 0.0202. The molecule has 1 N–H and O–H groups in total. The number of nitrogens with zero attached hydrogens (tertiary/aromatic N) is 2. The molecule has 1 aromatic rings. The van der Waals surface area contributed by atoms with Crippen LogP contribution in [-0.4, -0.2) is 62.9 Å². The molecule has 1 aliphatic carbocycles. The number of hydrogen-bond donors (Lipinski definition) is 1. The van der Waals surface area contributed by atoms with Gasteiger partial charge in [-0.25, -0.2) is 13.1 Å². The molecule has 6 nitrogen and oxygen atoms in total. The Labute approximate surface area is 177 Å². The number of benzene rings is 1. The van der Waals surface area contributed by atoms with E-state index in [2.05, 4.69) is 9.62 Å². The molecular weight excluding hydrogens is 421 g/mol. The zero-order chi connectivity index (χ0) is 20.3. The van der Waals surface area contributed by atoms with Crippen LogP contribution in [0.2, 0.25) is 10.0 Å². The van der Waals surface area contributed by atoms with E-state index >= 15 is 0 Å². The Morgan fingerprint density at radius 1 is 1.21 bits per heavy atom. The highest BCUT2D eigenvalue weighted by molar-refractivity contribution is 7.89. The third kappa shape index (κ3) is 5.39. The van der Waals surface area contributed by atoms with Gasteiger partial charge in [-0.2, -0.15) is 0 Å². The lowest BCUT2D eigenvalue weighted by Gasteiger charge is -2.23. The predicted molar refractivity (Wildman–Crippen MR) is 112 cm³/mol. The van der Waals surface area contributed by atoms with Gasteiger partial charge in [0.05, 0.1) is 15.6 Å². The minimum Gasteiger partial charge on any atom is -0.339 e. The molecule has 1 amide bonds. The number of halogens is 2. The Hall–Kier alpha value is -0.860. The monoisotopic (exact) mass is 447 g/mol. The van der Waals surface area contributed by atoms with Crippen molar-refractivity contribution in [3.8, 4) is 0 Å². The molecule has 1 saturated heterocycles. The number of likely N-dealkylation sites (tertiary alicyclic amines) is 1. The van der Waals surface area contributed by atoms with Crippen molar-refractivity contribution in [2.45, 2.75) is 50.0 Å². The van der Waals surface area contributed by atoms with Crippen molar-refractivity contribution in [1.29, 1.82) is 0 Å². The van der Waals surface area contributed by atoms with Gasteiger partial charge in [0.15, 0.2) is 0 Å². The van der Waals surface area contributed by atoms with Gasteiger partial charge < -0.3 is 9.80 Å². The molecule has 156 valence electrons. The van der Waals surface area contributed by atoms with Crippen LogP contribution in [0.5, 0.6) is 0 Å². The lowest BCUT2D eigenvalue weighted by molar-refractivity contribution is 0.0758. The summed E-state index contributed by atoms with van der Waals surface area (Å²) in [6.07, 6.45) is 4.98. The highest BCUT2D eigenvalue weighted by Crippen LogP contribution is 2.31. The molecule has 0 unspecified atom stereocenters. The lowest BCUT2D eigenvalue weighted by Crippen LogP contribution is -2.34. The summed E-state index contributed by atoms with van der Waals surface area (Å²) in [6.45, 7) is 6.25. The molecule has 0 atom stereocenters. The Kier molecular flexibility index (Phi) is 7.26. The zero-order valence-corrected chi connectivity index (χ0v) is 18.4. The molecule has 0 spiro atoms. The van der Waals surface area contributed by atoms with Crippen LogP contribution >= 0.6 is 23.2 Å². The van der Waals surface area contributed by atoms with Gasteiger partial charge in [-0.15, -0.1) is 0 Å². The zero-order valence-electron chi connectivity index (χ0n) is 16.1. The molecule has 3 rings (SSSR count). The maximum absolute atomic E-state index is 13.0. The third-order valence-corrected chi connectivity index (χ3v) is 7.51. The van der Waals surface area contributed by atoms with Gasteiger partial charge in [-0.1, -0.05) is 23.2 Å². The van der Waals surface area contributed by atoms with Crippen LogP contribution in [0.3, 0.4) is 0 Å². The van der Waals surface area contributed by atoms with Gasteiger partial charge in [0.1, 0.15) is 4.90 Å². The van der Waals surface area contributed by atoms with Crippen molar-refractivity contribution in [2.75, 3.05) is 32.7 Å². The number of hydrogen-bond acceptors (Lipinski definition) is 4. The van der Waals surface area contributed by atoms with Crippen LogP contribution in [0.4, 0.5) is 0 Å². The summed E-state index contributed by atoms with van der Waals surface area (Å²) in [6, 6.07) is 2.60. The van der Waals surface area contributed by atoms with Crippen LogP contribution in [0.15, 0.2) is 17.0 Å². The molecule has 28 heavy (non-hydrogen) atoms. The fraction of sp³-hybridized carbons (Fsp3) is 0.632. The topological polar surface area (TPSA) is 69.7 Å². The van der Waals surface area contributed by atoms with E-state index in [0.717, 1.165) is 38.9 Å². The van der Waals surface area contributed by atoms with E-state index in [1.165, 1.54) is 25.0 Å². The third-order valence-electron chi connectivity index (χ3n) is 5.21. The second kappa shape index (κ2) is 9.30. The summed E-state index contributed by atoms with van der Waals surface area (Å²) in [5.41, 5.74) is 0.172. The minimum atomic E-state index is -3.78. The first kappa shape index (κ1) is 21.8. The van der Waals surface area contributed by atoms with E-state index in [1.807, 2.05) is 6.92 Å². The van der Waals surface area contributed by atoms with Crippen molar-refractivity contribution in [1.82, 2.24) is 14.5 Å². The number of sulfonamides is 1. The maximum atomic E-state index is 13.0. The summed E-state index contributed by atoms with van der Waals surface area (Å²) in [7, 11) is -3.78. The van der Waals surface area contributed by atoms with Gasteiger partial charge in [-0.3, -0.25) is 4.79 Å². The first-order chi connectivity index (χ1) is 13.3. The molecule has 1 aromatic carbocycles.